The molecule has 0 saturated carbocycles. The lowest BCUT2D eigenvalue weighted by Gasteiger charge is -2.19. The fourth-order valence-electron chi connectivity index (χ4n) is 1.24. The van der Waals surface area contributed by atoms with Crippen LogP contribution in [0.3, 0.4) is 0 Å². The van der Waals surface area contributed by atoms with Gasteiger partial charge in [-0.05, 0) is 32.0 Å². The summed E-state index contributed by atoms with van der Waals surface area (Å²) >= 11 is 0. The molecule has 4 nitrogen and oxygen atoms in total. The van der Waals surface area contributed by atoms with Gasteiger partial charge in [0.15, 0.2) is 9.84 Å². The van der Waals surface area contributed by atoms with E-state index in [-0.39, 0.29) is 16.2 Å². The van der Waals surface area contributed by atoms with E-state index in [2.05, 4.69) is 0 Å². The maximum Gasteiger partial charge on any atom is 0.175 e. The molecule has 0 aliphatic rings. The van der Waals surface area contributed by atoms with E-state index in [0.29, 0.717) is 0 Å². The zero-order chi connectivity index (χ0) is 11.9. The summed E-state index contributed by atoms with van der Waals surface area (Å²) in [6.45, 7) is 2.96. The van der Waals surface area contributed by atoms with Crippen LogP contribution in [0.5, 0.6) is 5.75 Å². The van der Waals surface area contributed by atoms with Gasteiger partial charge in [-0.2, -0.15) is 0 Å². The number of aliphatic hydroxyl groups is 1. The predicted molar refractivity (Wildman–Crippen MR) is 56.5 cm³/mol. The van der Waals surface area contributed by atoms with Crippen LogP contribution in [-0.4, -0.2) is 24.9 Å². The fourth-order valence-corrected chi connectivity index (χ4v) is 1.88. The second-order valence-corrected chi connectivity index (χ2v) is 6.03. The van der Waals surface area contributed by atoms with E-state index < -0.39 is 15.4 Å². The van der Waals surface area contributed by atoms with Crippen molar-refractivity contribution in [2.24, 2.45) is 0 Å². The van der Waals surface area contributed by atoms with Gasteiger partial charge < -0.3 is 10.2 Å². The SMILES string of the molecule is CC(C)(O)c1cc(S(C)(=O)=O)ccc1O. The Balaban J connectivity index is 3.43. The summed E-state index contributed by atoms with van der Waals surface area (Å²) in [5.74, 6) is -0.116. The van der Waals surface area contributed by atoms with E-state index in [1.54, 1.807) is 0 Å². The molecule has 15 heavy (non-hydrogen) atoms. The Labute approximate surface area is 89.1 Å². The molecule has 0 aliphatic carbocycles. The molecule has 5 heteroatoms. The number of aromatic hydroxyl groups is 1. The zero-order valence-corrected chi connectivity index (χ0v) is 9.67. The molecule has 0 fully saturated rings. The van der Waals surface area contributed by atoms with E-state index in [4.69, 9.17) is 0 Å². The molecule has 0 radical (unpaired) electrons. The van der Waals surface area contributed by atoms with Gasteiger partial charge in [0.25, 0.3) is 0 Å². The minimum absolute atomic E-state index is 0.0809. The number of hydrogen-bond acceptors (Lipinski definition) is 4. The normalized spacial score (nSPS) is 12.8. The number of phenols is 1. The van der Waals surface area contributed by atoms with Crippen molar-refractivity contribution in [1.82, 2.24) is 0 Å². The molecule has 0 aliphatic heterocycles. The average molecular weight is 230 g/mol. The molecule has 84 valence electrons. The molecule has 0 saturated heterocycles. The van der Waals surface area contributed by atoms with Crippen molar-refractivity contribution in [3.63, 3.8) is 0 Å². The van der Waals surface area contributed by atoms with E-state index in [1.165, 1.54) is 32.0 Å². The van der Waals surface area contributed by atoms with Crippen molar-refractivity contribution in [3.05, 3.63) is 23.8 Å². The lowest BCUT2D eigenvalue weighted by Crippen LogP contribution is -2.16. The molecule has 2 N–H and O–H groups in total. The Bertz CT molecular complexity index is 469. The van der Waals surface area contributed by atoms with Crippen molar-refractivity contribution < 1.29 is 18.6 Å². The van der Waals surface area contributed by atoms with Gasteiger partial charge in [-0.15, -0.1) is 0 Å². The molecule has 1 aromatic carbocycles. The summed E-state index contributed by atoms with van der Waals surface area (Å²) < 4.78 is 22.5. The Morgan fingerprint density at radius 3 is 2.20 bits per heavy atom. The lowest BCUT2D eigenvalue weighted by atomic mass is 9.98. The minimum Gasteiger partial charge on any atom is -0.508 e. The molecule has 1 aromatic rings. The highest BCUT2D eigenvalue weighted by molar-refractivity contribution is 7.90. The first-order valence-electron chi connectivity index (χ1n) is 4.38. The molecule has 0 amide bonds. The average Bonchev–Trinajstić information content (AvgIpc) is 2.00. The minimum atomic E-state index is -3.32. The fraction of sp³-hybridized carbons (Fsp3) is 0.400. The number of sulfone groups is 1. The van der Waals surface area contributed by atoms with E-state index in [1.807, 2.05) is 0 Å². The van der Waals surface area contributed by atoms with Crippen LogP contribution in [0.2, 0.25) is 0 Å². The zero-order valence-electron chi connectivity index (χ0n) is 8.85. The third kappa shape index (κ3) is 2.70. The monoisotopic (exact) mass is 230 g/mol. The molecule has 0 unspecified atom stereocenters. The van der Waals surface area contributed by atoms with Gasteiger partial charge in [0, 0.05) is 11.8 Å². The summed E-state index contributed by atoms with van der Waals surface area (Å²) in [5.41, 5.74) is -1.07. The maximum absolute atomic E-state index is 11.3. The van der Waals surface area contributed by atoms with Gasteiger partial charge in [-0.1, -0.05) is 0 Å². The molecule has 0 aromatic heterocycles. The van der Waals surface area contributed by atoms with Crippen LogP contribution >= 0.6 is 0 Å². The number of hydrogen-bond donors (Lipinski definition) is 2. The van der Waals surface area contributed by atoms with Gasteiger partial charge in [-0.25, -0.2) is 8.42 Å². The topological polar surface area (TPSA) is 74.6 Å². The Hall–Kier alpha value is -1.07. The van der Waals surface area contributed by atoms with Crippen molar-refractivity contribution in [1.29, 1.82) is 0 Å². The quantitative estimate of drug-likeness (QED) is 0.795. The van der Waals surface area contributed by atoms with Gasteiger partial charge in [0.2, 0.25) is 0 Å². The standard InChI is InChI=1S/C10H14O4S/c1-10(2,12)8-6-7(15(3,13)14)4-5-9(8)11/h4-6,11-12H,1-3H3. The Kier molecular flexibility index (Phi) is 2.80. The number of benzene rings is 1. The summed E-state index contributed by atoms with van der Waals surface area (Å²) in [7, 11) is -3.32. The summed E-state index contributed by atoms with van der Waals surface area (Å²) in [5, 5.41) is 19.2. The van der Waals surface area contributed by atoms with Crippen LogP contribution in [0.15, 0.2) is 23.1 Å². The molecule has 0 heterocycles. The largest absolute Gasteiger partial charge is 0.508 e. The highest BCUT2D eigenvalue weighted by atomic mass is 32.2. The Morgan fingerprint density at radius 2 is 1.80 bits per heavy atom. The van der Waals surface area contributed by atoms with Crippen LogP contribution in [0.25, 0.3) is 0 Å². The first kappa shape index (κ1) is 12.0. The van der Waals surface area contributed by atoms with Crippen molar-refractivity contribution in [2.45, 2.75) is 24.3 Å². The molecule has 1 rings (SSSR count). The van der Waals surface area contributed by atoms with Crippen LogP contribution in [0.4, 0.5) is 0 Å². The molecule has 0 spiro atoms. The molecule has 0 bridgehead atoms. The highest BCUT2D eigenvalue weighted by Gasteiger charge is 2.22. The second kappa shape index (κ2) is 3.50. The summed E-state index contributed by atoms with van der Waals surface area (Å²) in [4.78, 5) is 0.0809. The van der Waals surface area contributed by atoms with Crippen molar-refractivity contribution >= 4 is 9.84 Å². The number of rotatable bonds is 2. The van der Waals surface area contributed by atoms with Gasteiger partial charge in [-0.3, -0.25) is 0 Å². The van der Waals surface area contributed by atoms with E-state index in [0.717, 1.165) is 6.26 Å². The van der Waals surface area contributed by atoms with Crippen molar-refractivity contribution in [2.75, 3.05) is 6.26 Å². The molecule has 0 atom stereocenters. The van der Waals surface area contributed by atoms with Crippen molar-refractivity contribution in [3.8, 4) is 5.75 Å². The lowest BCUT2D eigenvalue weighted by molar-refractivity contribution is 0.0756. The summed E-state index contributed by atoms with van der Waals surface area (Å²) in [6, 6.07) is 3.86. The smallest absolute Gasteiger partial charge is 0.175 e. The second-order valence-electron chi connectivity index (χ2n) is 4.01. The van der Waals surface area contributed by atoms with Gasteiger partial charge in [0.05, 0.1) is 10.5 Å². The maximum atomic E-state index is 11.3. The van der Waals surface area contributed by atoms with Crippen LogP contribution in [-0.2, 0) is 15.4 Å². The first-order chi connectivity index (χ1) is 6.62. The molecular weight excluding hydrogens is 216 g/mol. The van der Waals surface area contributed by atoms with Gasteiger partial charge in [0.1, 0.15) is 5.75 Å². The van der Waals surface area contributed by atoms with E-state index in [9.17, 15) is 18.6 Å². The van der Waals surface area contributed by atoms with Gasteiger partial charge >= 0.3 is 0 Å². The highest BCUT2D eigenvalue weighted by Crippen LogP contribution is 2.30. The van der Waals surface area contributed by atoms with Crippen LogP contribution < -0.4 is 0 Å². The van der Waals surface area contributed by atoms with Crippen LogP contribution in [0.1, 0.15) is 19.4 Å². The van der Waals surface area contributed by atoms with E-state index >= 15 is 0 Å². The summed E-state index contributed by atoms with van der Waals surface area (Å²) in [6.07, 6.45) is 1.08. The third-order valence-electron chi connectivity index (χ3n) is 2.06. The van der Waals surface area contributed by atoms with Crippen LogP contribution in [0, 0.1) is 0 Å². The third-order valence-corrected chi connectivity index (χ3v) is 3.17. The Morgan fingerprint density at radius 1 is 1.27 bits per heavy atom. The molecular formula is C10H14O4S. The predicted octanol–water partition coefficient (Wildman–Crippen LogP) is 1.02. The number of phenolic OH excluding ortho intramolecular Hbond substituents is 1. The first-order valence-corrected chi connectivity index (χ1v) is 6.27.